The van der Waals surface area contributed by atoms with Gasteiger partial charge in [-0.3, -0.25) is 4.79 Å². The topological polar surface area (TPSA) is 78.7 Å². The van der Waals surface area contributed by atoms with Crippen LogP contribution in [0.3, 0.4) is 0 Å². The minimum atomic E-state index is 0.117. The lowest BCUT2D eigenvalue weighted by molar-refractivity contribution is -0.124. The second-order valence-corrected chi connectivity index (χ2v) is 7.87. The van der Waals surface area contributed by atoms with Gasteiger partial charge in [0, 0.05) is 17.7 Å². The van der Waals surface area contributed by atoms with E-state index in [1.807, 2.05) is 16.8 Å². The lowest BCUT2D eigenvalue weighted by atomic mass is 10.1. The van der Waals surface area contributed by atoms with Gasteiger partial charge in [0.05, 0.1) is 6.54 Å². The Labute approximate surface area is 160 Å². The molecule has 1 fully saturated rings. The van der Waals surface area contributed by atoms with Crippen LogP contribution >= 0.6 is 11.8 Å². The van der Waals surface area contributed by atoms with Crippen LogP contribution in [0.15, 0.2) is 23.4 Å². The summed E-state index contributed by atoms with van der Waals surface area (Å²) in [6, 6.07) is 5.45. The SMILES string of the molecule is O=C(C1CCCC1)N1CCSc2nnc(COc3ccc4c(c3)OCO4)n21. The van der Waals surface area contributed by atoms with Crippen LogP contribution in [0.4, 0.5) is 0 Å². The Balaban J connectivity index is 1.35. The Morgan fingerprint density at radius 1 is 1.22 bits per heavy atom. The first-order valence-electron chi connectivity index (χ1n) is 9.21. The van der Waals surface area contributed by atoms with E-state index in [1.54, 1.807) is 22.8 Å². The van der Waals surface area contributed by atoms with Gasteiger partial charge in [-0.15, -0.1) is 10.2 Å². The van der Waals surface area contributed by atoms with Gasteiger partial charge in [0.2, 0.25) is 17.9 Å². The Hall–Kier alpha value is -2.42. The molecule has 1 amide bonds. The quantitative estimate of drug-likeness (QED) is 0.795. The van der Waals surface area contributed by atoms with Crippen LogP contribution in [0.2, 0.25) is 0 Å². The molecule has 27 heavy (non-hydrogen) atoms. The second-order valence-electron chi connectivity index (χ2n) is 6.81. The minimum absolute atomic E-state index is 0.117. The molecule has 1 saturated carbocycles. The Kier molecular flexibility index (Phi) is 4.31. The van der Waals surface area contributed by atoms with Crippen molar-refractivity contribution in [3.05, 3.63) is 24.0 Å². The zero-order valence-electron chi connectivity index (χ0n) is 14.8. The fourth-order valence-corrected chi connectivity index (χ4v) is 4.62. The van der Waals surface area contributed by atoms with E-state index in [4.69, 9.17) is 14.2 Å². The minimum Gasteiger partial charge on any atom is -0.485 e. The summed E-state index contributed by atoms with van der Waals surface area (Å²) < 4.78 is 18.4. The Morgan fingerprint density at radius 3 is 2.96 bits per heavy atom. The fraction of sp³-hybridized carbons (Fsp3) is 0.500. The summed E-state index contributed by atoms with van der Waals surface area (Å²) in [6.07, 6.45) is 4.22. The molecule has 5 rings (SSSR count). The largest absolute Gasteiger partial charge is 0.485 e. The van der Waals surface area contributed by atoms with Crippen LogP contribution in [0.1, 0.15) is 31.5 Å². The maximum atomic E-state index is 13.0. The van der Waals surface area contributed by atoms with Crippen LogP contribution in [0.5, 0.6) is 17.2 Å². The van der Waals surface area contributed by atoms with Gasteiger partial charge in [0.1, 0.15) is 12.4 Å². The van der Waals surface area contributed by atoms with Gasteiger partial charge in [-0.1, -0.05) is 24.6 Å². The number of carbonyl (C=O) groups excluding carboxylic acids is 1. The number of fused-ring (bicyclic) bond motifs is 2. The summed E-state index contributed by atoms with van der Waals surface area (Å²) in [5.41, 5.74) is 0. The van der Waals surface area contributed by atoms with E-state index in [0.717, 1.165) is 36.6 Å². The molecule has 1 aromatic carbocycles. The highest BCUT2D eigenvalue weighted by Crippen LogP contribution is 2.35. The highest BCUT2D eigenvalue weighted by molar-refractivity contribution is 7.99. The normalized spacial score (nSPS) is 18.6. The van der Waals surface area contributed by atoms with Crippen LogP contribution in [-0.4, -0.2) is 39.9 Å². The monoisotopic (exact) mass is 388 g/mol. The summed E-state index contributed by atoms with van der Waals surface area (Å²) >= 11 is 1.61. The van der Waals surface area contributed by atoms with Crippen LogP contribution in [0, 0.1) is 5.92 Å². The van der Waals surface area contributed by atoms with Crippen LogP contribution < -0.4 is 19.2 Å². The molecule has 3 heterocycles. The van der Waals surface area contributed by atoms with Gasteiger partial charge in [-0.05, 0) is 25.0 Å². The lowest BCUT2D eigenvalue weighted by Crippen LogP contribution is -2.48. The molecule has 0 spiro atoms. The second kappa shape index (κ2) is 6.95. The van der Waals surface area contributed by atoms with E-state index in [9.17, 15) is 4.79 Å². The molecule has 0 unspecified atom stereocenters. The maximum absolute atomic E-state index is 13.0. The molecule has 8 nitrogen and oxygen atoms in total. The van der Waals surface area contributed by atoms with Crippen molar-refractivity contribution in [1.29, 1.82) is 0 Å². The average molecular weight is 388 g/mol. The molecule has 2 aliphatic heterocycles. The van der Waals surface area contributed by atoms with Crippen LogP contribution in [-0.2, 0) is 11.4 Å². The van der Waals surface area contributed by atoms with Crippen molar-refractivity contribution in [3.63, 3.8) is 0 Å². The van der Waals surface area contributed by atoms with Gasteiger partial charge < -0.3 is 14.2 Å². The molecule has 0 atom stereocenters. The predicted octanol–water partition coefficient (Wildman–Crippen LogP) is 2.35. The molecule has 1 aliphatic carbocycles. The highest BCUT2D eigenvalue weighted by Gasteiger charge is 2.33. The standard InChI is InChI=1S/C18H20N4O4S/c23-17(12-3-1-2-4-12)21-7-8-27-18-20-19-16(22(18)21)10-24-13-5-6-14-15(9-13)26-11-25-14/h5-6,9,12H,1-4,7-8,10-11H2. The van der Waals surface area contributed by atoms with E-state index in [0.29, 0.717) is 29.6 Å². The average Bonchev–Trinajstić information content (AvgIpc) is 3.45. The van der Waals surface area contributed by atoms with E-state index >= 15 is 0 Å². The molecule has 2 aromatic rings. The van der Waals surface area contributed by atoms with E-state index in [2.05, 4.69) is 10.2 Å². The third-order valence-corrected chi connectivity index (χ3v) is 6.02. The van der Waals surface area contributed by atoms with E-state index < -0.39 is 0 Å². The number of hydrogen-bond acceptors (Lipinski definition) is 7. The molecule has 142 valence electrons. The Morgan fingerprint density at radius 2 is 2.07 bits per heavy atom. The van der Waals surface area contributed by atoms with Crippen molar-refractivity contribution in [2.45, 2.75) is 37.4 Å². The van der Waals surface area contributed by atoms with Crippen molar-refractivity contribution < 1.29 is 19.0 Å². The molecule has 9 heteroatoms. The first-order chi connectivity index (χ1) is 13.3. The van der Waals surface area contributed by atoms with Gasteiger partial charge in [-0.25, -0.2) is 9.69 Å². The van der Waals surface area contributed by atoms with Gasteiger partial charge in [0.15, 0.2) is 17.3 Å². The van der Waals surface area contributed by atoms with Crippen LogP contribution in [0.25, 0.3) is 0 Å². The number of thioether (sulfide) groups is 1. The molecule has 0 N–H and O–H groups in total. The lowest BCUT2D eigenvalue weighted by Gasteiger charge is -2.31. The summed E-state index contributed by atoms with van der Waals surface area (Å²) in [5, 5.41) is 11.1. The molecular weight excluding hydrogens is 368 g/mol. The van der Waals surface area contributed by atoms with Crippen molar-refractivity contribution >= 4 is 17.7 Å². The first-order valence-corrected chi connectivity index (χ1v) is 10.2. The number of benzene rings is 1. The predicted molar refractivity (Wildman–Crippen MR) is 97.7 cm³/mol. The number of carbonyl (C=O) groups is 1. The van der Waals surface area contributed by atoms with Gasteiger partial charge in [-0.2, -0.15) is 0 Å². The number of hydrogen-bond donors (Lipinski definition) is 0. The molecule has 0 bridgehead atoms. The van der Waals surface area contributed by atoms with E-state index in [-0.39, 0.29) is 25.2 Å². The van der Waals surface area contributed by atoms with Crippen molar-refractivity contribution in [2.24, 2.45) is 5.92 Å². The summed E-state index contributed by atoms with van der Waals surface area (Å²) in [4.78, 5) is 13.0. The number of nitrogens with zero attached hydrogens (tertiary/aromatic N) is 4. The van der Waals surface area contributed by atoms with Gasteiger partial charge >= 0.3 is 0 Å². The summed E-state index contributed by atoms with van der Waals surface area (Å²) in [7, 11) is 0. The van der Waals surface area contributed by atoms with Crippen molar-refractivity contribution in [3.8, 4) is 17.2 Å². The molecular formula is C18H20N4O4S. The zero-order chi connectivity index (χ0) is 18.2. The smallest absolute Gasteiger partial charge is 0.244 e. The zero-order valence-corrected chi connectivity index (χ0v) is 15.6. The molecule has 0 radical (unpaired) electrons. The number of aromatic nitrogens is 3. The maximum Gasteiger partial charge on any atom is 0.244 e. The Bertz CT molecular complexity index is 865. The number of rotatable bonds is 4. The van der Waals surface area contributed by atoms with Crippen molar-refractivity contribution in [1.82, 2.24) is 14.9 Å². The summed E-state index contributed by atoms with van der Waals surface area (Å²) in [5.74, 6) is 3.80. The number of ether oxygens (including phenoxy) is 3. The molecule has 1 aromatic heterocycles. The first kappa shape index (κ1) is 16.7. The fourth-order valence-electron chi connectivity index (χ4n) is 3.75. The third kappa shape index (κ3) is 3.09. The van der Waals surface area contributed by atoms with E-state index in [1.165, 1.54) is 0 Å². The molecule has 3 aliphatic rings. The molecule has 0 saturated heterocycles. The van der Waals surface area contributed by atoms with Gasteiger partial charge in [0.25, 0.3) is 0 Å². The number of amides is 1. The third-order valence-electron chi connectivity index (χ3n) is 5.12. The summed E-state index contributed by atoms with van der Waals surface area (Å²) in [6.45, 7) is 1.12. The highest BCUT2D eigenvalue weighted by atomic mass is 32.2. The van der Waals surface area contributed by atoms with Crippen molar-refractivity contribution in [2.75, 3.05) is 24.1 Å².